The highest BCUT2D eigenvalue weighted by atomic mass is 16.6. The number of ether oxygens (including phenoxy) is 1. The molecule has 12 nitrogen and oxygen atoms in total. The number of allylic oxidation sites excluding steroid dienone is 3. The van der Waals surface area contributed by atoms with Crippen LogP contribution in [0.1, 0.15) is 49.8 Å². The molecule has 186 valence electrons. The predicted octanol–water partition coefficient (Wildman–Crippen LogP) is 5.44. The van der Waals surface area contributed by atoms with Crippen LogP contribution >= 0.6 is 0 Å². The topological polar surface area (TPSA) is 173 Å². The molecule has 2 unspecified atom stereocenters. The summed E-state index contributed by atoms with van der Waals surface area (Å²) in [7, 11) is 0. The normalized spacial score (nSPS) is 16.0. The van der Waals surface area contributed by atoms with Crippen LogP contribution in [-0.4, -0.2) is 22.4 Å². The number of benzene rings is 2. The van der Waals surface area contributed by atoms with Crippen LogP contribution < -0.4 is 5.32 Å². The van der Waals surface area contributed by atoms with Crippen molar-refractivity contribution < 1.29 is 19.4 Å². The lowest BCUT2D eigenvalue weighted by Crippen LogP contribution is -2.32. The van der Waals surface area contributed by atoms with E-state index in [9.17, 15) is 25.0 Å². The second-order valence-corrected chi connectivity index (χ2v) is 7.96. The van der Waals surface area contributed by atoms with E-state index in [-0.39, 0.29) is 41.2 Å². The van der Waals surface area contributed by atoms with E-state index in [0.29, 0.717) is 12.1 Å². The van der Waals surface area contributed by atoms with Gasteiger partial charge in [-0.1, -0.05) is 47.6 Å². The molecule has 0 aliphatic carbocycles. The number of nitrogens with zero attached hydrogens (tertiary/aromatic N) is 5. The third-order valence-corrected chi connectivity index (χ3v) is 5.76. The van der Waals surface area contributed by atoms with Crippen LogP contribution in [0.25, 0.3) is 10.4 Å². The molecule has 0 aromatic heterocycles. The molecule has 0 saturated carbocycles. The first kappa shape index (κ1) is 25.9. The number of carbonyl (C=O) groups excluding carboxylic acids is 1. The van der Waals surface area contributed by atoms with E-state index < -0.39 is 27.8 Å². The second kappa shape index (κ2) is 11.6. The van der Waals surface area contributed by atoms with Crippen molar-refractivity contribution in [2.75, 3.05) is 6.61 Å². The molecule has 1 aliphatic rings. The molecule has 0 spiro atoms. The molecule has 2 atom stereocenters. The number of non-ortho nitro benzene ring substituents is 1. The maximum atomic E-state index is 13.1. The number of nitrogens with one attached hydrogen (secondary N) is 1. The summed E-state index contributed by atoms with van der Waals surface area (Å²) in [5.41, 5.74) is 10.0. The summed E-state index contributed by atoms with van der Waals surface area (Å²) in [6.07, 6.45) is 0.489. The predicted molar refractivity (Wildman–Crippen MR) is 130 cm³/mol. The number of nitro groups is 2. The molecule has 1 aliphatic heterocycles. The number of esters is 1. The highest BCUT2D eigenvalue weighted by Crippen LogP contribution is 2.41. The monoisotopic (exact) mass is 492 g/mol. The van der Waals surface area contributed by atoms with Crippen molar-refractivity contribution in [1.29, 1.82) is 0 Å². The quantitative estimate of drug-likeness (QED) is 0.115. The van der Waals surface area contributed by atoms with Gasteiger partial charge in [0.15, 0.2) is 0 Å². The Morgan fingerprint density at radius 2 is 1.89 bits per heavy atom. The van der Waals surface area contributed by atoms with E-state index in [4.69, 9.17) is 10.3 Å². The Bertz CT molecular complexity index is 1280. The Morgan fingerprint density at radius 1 is 1.17 bits per heavy atom. The van der Waals surface area contributed by atoms with Crippen LogP contribution in [0.5, 0.6) is 0 Å². The third kappa shape index (κ3) is 5.68. The number of hydrogen-bond acceptors (Lipinski definition) is 8. The van der Waals surface area contributed by atoms with E-state index in [0.717, 1.165) is 5.56 Å². The molecule has 36 heavy (non-hydrogen) atoms. The number of dihydropyridines is 1. The Morgan fingerprint density at radius 3 is 2.50 bits per heavy atom. The van der Waals surface area contributed by atoms with Gasteiger partial charge in [0, 0.05) is 22.7 Å². The molecule has 1 N–H and O–H groups in total. The molecule has 0 amide bonds. The third-order valence-electron chi connectivity index (χ3n) is 5.76. The van der Waals surface area contributed by atoms with Gasteiger partial charge in [-0.25, -0.2) is 4.79 Å². The molecule has 3 rings (SSSR count). The molecule has 2 aromatic rings. The Labute approximate surface area is 206 Å². The minimum atomic E-state index is -1.20. The van der Waals surface area contributed by atoms with Crippen molar-refractivity contribution in [1.82, 2.24) is 5.32 Å². The minimum absolute atomic E-state index is 0.0117. The van der Waals surface area contributed by atoms with E-state index in [2.05, 4.69) is 15.3 Å². The van der Waals surface area contributed by atoms with E-state index in [1.807, 2.05) is 30.3 Å². The van der Waals surface area contributed by atoms with Gasteiger partial charge in [-0.3, -0.25) is 20.2 Å². The maximum Gasteiger partial charge on any atom is 0.336 e. The minimum Gasteiger partial charge on any atom is -0.463 e. The fourth-order valence-corrected chi connectivity index (χ4v) is 4.23. The van der Waals surface area contributed by atoms with Gasteiger partial charge >= 0.3 is 5.97 Å². The number of nitro benzene ring substituents is 1. The zero-order valence-corrected chi connectivity index (χ0v) is 19.7. The summed E-state index contributed by atoms with van der Waals surface area (Å²) in [5, 5.41) is 30.3. The summed E-state index contributed by atoms with van der Waals surface area (Å²) in [4.78, 5) is 38.3. The van der Waals surface area contributed by atoms with E-state index in [1.54, 1.807) is 6.92 Å². The van der Waals surface area contributed by atoms with Crippen molar-refractivity contribution in [2.24, 2.45) is 5.11 Å². The van der Waals surface area contributed by atoms with Gasteiger partial charge in [-0.2, -0.15) is 0 Å². The average Bonchev–Trinajstić information content (AvgIpc) is 2.86. The van der Waals surface area contributed by atoms with Gasteiger partial charge < -0.3 is 10.1 Å². The summed E-state index contributed by atoms with van der Waals surface area (Å²) < 4.78 is 5.25. The number of hydrogen-bond donors (Lipinski definition) is 1. The SMILES string of the molecule is CCOC(=O)C1=C(CCC(N=[N+]=[N-])c2ccccc2)NC(C)=C([N+](=O)[O-])C1c1cccc([N+](=O)[O-])c1. The van der Waals surface area contributed by atoms with Crippen LogP contribution in [0.4, 0.5) is 5.69 Å². The van der Waals surface area contributed by atoms with Gasteiger partial charge in [0.2, 0.25) is 0 Å². The number of rotatable bonds is 10. The molecule has 2 aromatic carbocycles. The molecular weight excluding hydrogens is 468 g/mol. The molecular formula is C24H24N6O6. The lowest BCUT2D eigenvalue weighted by molar-refractivity contribution is -0.431. The van der Waals surface area contributed by atoms with Crippen molar-refractivity contribution >= 4 is 11.7 Å². The average molecular weight is 492 g/mol. The van der Waals surface area contributed by atoms with Crippen LogP contribution in [0.3, 0.4) is 0 Å². The largest absolute Gasteiger partial charge is 0.463 e. The highest BCUT2D eigenvalue weighted by Gasteiger charge is 2.42. The molecule has 0 saturated heterocycles. The van der Waals surface area contributed by atoms with Crippen molar-refractivity contribution in [2.45, 2.75) is 38.6 Å². The summed E-state index contributed by atoms with van der Waals surface area (Å²) in [5.74, 6) is -1.98. The number of azide groups is 1. The number of carbonyl (C=O) groups is 1. The van der Waals surface area contributed by atoms with Crippen molar-refractivity contribution in [3.05, 3.63) is 119 Å². The smallest absolute Gasteiger partial charge is 0.336 e. The van der Waals surface area contributed by atoms with Crippen LogP contribution in [0.2, 0.25) is 0 Å². The Kier molecular flexibility index (Phi) is 8.37. The molecule has 0 bridgehead atoms. The molecule has 12 heteroatoms. The zero-order chi connectivity index (χ0) is 26.2. The van der Waals surface area contributed by atoms with Gasteiger partial charge in [0.05, 0.1) is 33.8 Å². The lowest BCUT2D eigenvalue weighted by atomic mass is 9.82. The fraction of sp³-hybridized carbons (Fsp3) is 0.292. The standard InChI is InChI=1S/C24H24N6O6/c1-3-36-24(31)22-20(13-12-19(27-28-25)16-8-5-4-6-9-16)26-15(2)23(30(34)35)21(22)17-10-7-11-18(14-17)29(32)33/h4-11,14,19,21,26H,3,12-13H2,1-2H3. The Balaban J connectivity index is 2.13. The summed E-state index contributed by atoms with van der Waals surface area (Å²) in [6.45, 7) is 3.14. The summed E-state index contributed by atoms with van der Waals surface area (Å²) >= 11 is 0. The van der Waals surface area contributed by atoms with Crippen LogP contribution in [0.15, 0.2) is 82.4 Å². The van der Waals surface area contributed by atoms with Crippen LogP contribution in [-0.2, 0) is 9.53 Å². The van der Waals surface area contributed by atoms with Crippen molar-refractivity contribution in [3.8, 4) is 0 Å². The van der Waals surface area contributed by atoms with E-state index >= 15 is 0 Å². The van der Waals surface area contributed by atoms with Crippen molar-refractivity contribution in [3.63, 3.8) is 0 Å². The van der Waals surface area contributed by atoms with Gasteiger partial charge in [0.25, 0.3) is 11.4 Å². The molecule has 0 radical (unpaired) electrons. The highest BCUT2D eigenvalue weighted by molar-refractivity contribution is 5.92. The zero-order valence-electron chi connectivity index (χ0n) is 19.7. The van der Waals surface area contributed by atoms with E-state index in [1.165, 1.54) is 31.2 Å². The second-order valence-electron chi connectivity index (χ2n) is 7.96. The fourth-order valence-electron chi connectivity index (χ4n) is 4.23. The van der Waals surface area contributed by atoms with Gasteiger partial charge in [0.1, 0.15) is 5.92 Å². The molecule has 0 fully saturated rings. The molecule has 1 heterocycles. The first-order valence-corrected chi connectivity index (χ1v) is 11.1. The van der Waals surface area contributed by atoms with Gasteiger partial charge in [-0.05, 0) is 43.3 Å². The first-order chi connectivity index (χ1) is 17.3. The van der Waals surface area contributed by atoms with Gasteiger partial charge in [-0.15, -0.1) is 0 Å². The Hall–Kier alpha value is -4.70. The maximum absolute atomic E-state index is 13.1. The summed E-state index contributed by atoms with van der Waals surface area (Å²) in [6, 6.07) is 13.9. The lowest BCUT2D eigenvalue weighted by Gasteiger charge is -2.28. The first-order valence-electron chi connectivity index (χ1n) is 11.1. The van der Waals surface area contributed by atoms with Crippen LogP contribution in [0, 0.1) is 20.2 Å².